The molecule has 18 nitrogen and oxygen atoms in total. The maximum Gasteiger partial charge on any atom is 0.114 e. The Morgan fingerprint density at radius 2 is 0.556 bits per heavy atom. The fraction of sp³-hybridized carbons (Fsp3) is 0.926. The zero-order valence-corrected chi connectivity index (χ0v) is 28.1. The summed E-state index contributed by atoms with van der Waals surface area (Å²) >= 11 is 0. The molecule has 18 heteroatoms. The Hall–Kier alpha value is -1.88. The lowest BCUT2D eigenvalue weighted by molar-refractivity contribution is -0.176. The molecule has 0 bridgehead atoms. The van der Waals surface area contributed by atoms with Crippen molar-refractivity contribution < 1.29 is 88.5 Å². The van der Waals surface area contributed by atoms with Gasteiger partial charge in [-0.15, -0.1) is 0 Å². The summed E-state index contributed by atoms with van der Waals surface area (Å²) in [5.74, 6) is -1.08. The molecule has 0 rings (SSSR count). The van der Waals surface area contributed by atoms with Crippen molar-refractivity contribution in [3.63, 3.8) is 0 Å². The number of rotatable bonds is 31. The molecule has 0 aromatic carbocycles. The third-order valence-electron chi connectivity index (χ3n) is 6.33. The fourth-order valence-corrected chi connectivity index (χ4v) is 4.23. The molecule has 0 aliphatic rings. The van der Waals surface area contributed by atoms with Crippen LogP contribution in [0, 0.1) is 17.8 Å². The van der Waals surface area contributed by atoms with Crippen molar-refractivity contribution in [3.8, 4) is 0 Å². The first-order valence-corrected chi connectivity index (χ1v) is 15.2. The van der Waals surface area contributed by atoms with E-state index in [2.05, 4.69) is 0 Å². The van der Waals surface area contributed by atoms with Gasteiger partial charge in [-0.1, -0.05) is 178 Å². The highest BCUT2D eigenvalue weighted by Crippen LogP contribution is 2.24. The molecule has 0 aromatic heterocycles. The van der Waals surface area contributed by atoms with E-state index in [4.69, 9.17) is 52.7 Å². The maximum absolute atomic E-state index is 9.73. The van der Waals surface area contributed by atoms with Gasteiger partial charge in [0, 0.05) is 45.6 Å². The van der Waals surface area contributed by atoms with Gasteiger partial charge in [0.15, 0.2) is 0 Å². The molecule has 6 unspecified atom stereocenters. The van der Waals surface area contributed by atoms with Gasteiger partial charge in [0.25, 0.3) is 0 Å². The average molecular weight is 1100 g/mol. The summed E-state index contributed by atoms with van der Waals surface area (Å²) in [6, 6.07) is 0. The van der Waals surface area contributed by atoms with Crippen LogP contribution in [0.4, 0.5) is 0 Å². The predicted octanol–water partition coefficient (Wildman–Crippen LogP) is 11.7. The molecule has 0 saturated heterocycles. The lowest BCUT2D eigenvalue weighted by Gasteiger charge is -2.33. The molecule has 0 radical (unpaired) electrons. The second kappa shape index (κ2) is 181. The summed E-state index contributed by atoms with van der Waals surface area (Å²) in [5, 5.41) is 74.9. The summed E-state index contributed by atoms with van der Waals surface area (Å²) in [6.45, 7) is 7.57. The van der Waals surface area contributed by atoms with Gasteiger partial charge in [-0.05, 0) is 31.1 Å². The molecule has 482 valence electrons. The highest BCUT2D eigenvalue weighted by atomic mass is 16.6. The molecule has 0 aliphatic carbocycles. The van der Waals surface area contributed by atoms with E-state index in [9.17, 15) is 35.7 Å². The lowest BCUT2D eigenvalue weighted by atomic mass is 9.81. The minimum absolute atomic E-state index is 0. The molecule has 0 spiro atoms. The largest absolute Gasteiger partial charge is 0.396 e. The van der Waals surface area contributed by atoms with Crippen LogP contribution in [0.2, 0.25) is 0 Å². The van der Waals surface area contributed by atoms with Crippen LogP contribution in [-0.2, 0) is 47.6 Å². The van der Waals surface area contributed by atoms with Gasteiger partial charge in [-0.3, -0.25) is 0 Å². The van der Waals surface area contributed by atoms with Crippen LogP contribution in [0.25, 0.3) is 0 Å². The zero-order chi connectivity index (χ0) is 37.8. The normalized spacial score (nSPS) is 9.39. The number of aliphatic hydroxyl groups excluding tert-OH is 8. The number of unbranched alkanes of at least 4 members (excludes halogenated alkanes) is 1. The van der Waals surface area contributed by atoms with E-state index in [-0.39, 0.29) is 295 Å². The van der Waals surface area contributed by atoms with Crippen molar-refractivity contribution >= 4 is 27.2 Å². The Labute approximate surface area is 460 Å². The number of carbonyl (C=O) groups is 4. The van der Waals surface area contributed by atoms with E-state index in [1.54, 1.807) is 0 Å². The Bertz CT molecular complexity index is 587. The fourth-order valence-electron chi connectivity index (χ4n) is 4.23. The second-order valence-electron chi connectivity index (χ2n) is 9.22. The van der Waals surface area contributed by atoms with Crippen LogP contribution in [0.3, 0.4) is 0 Å². The standard InChI is InChI=1S/C26H54O14.4CH2O.24CH4/c27-4-3-21(15-32)23(17-34)22(16-33)18-35-9-1-2-10-36-19-24(38-12-6-29)26(40-14-8-31)25(39-13-7-30)20-37-11-5-28;4*1-2;;;;;;;;;;;;;;;;;;;;;;;;/h21-34H,1-20H2;4*1H2;24*1H4. The van der Waals surface area contributed by atoms with Crippen LogP contribution in [0.15, 0.2) is 0 Å². The summed E-state index contributed by atoms with van der Waals surface area (Å²) in [7, 11) is 0. The van der Waals surface area contributed by atoms with Crippen molar-refractivity contribution in [2.75, 3.05) is 112 Å². The van der Waals surface area contributed by atoms with Gasteiger partial charge in [0.2, 0.25) is 0 Å². The molecular formula is C54H158O18. The molecule has 0 amide bonds. The molecule has 72 heavy (non-hydrogen) atoms. The van der Waals surface area contributed by atoms with E-state index in [1.165, 1.54) is 0 Å². The highest BCUT2D eigenvalue weighted by Gasteiger charge is 2.33. The molecule has 0 saturated carbocycles. The van der Waals surface area contributed by atoms with Crippen LogP contribution in [0.5, 0.6) is 0 Å². The van der Waals surface area contributed by atoms with Crippen LogP contribution < -0.4 is 0 Å². The summed E-state index contributed by atoms with van der Waals surface area (Å²) in [4.78, 5) is 32.0. The first kappa shape index (κ1) is 198. The van der Waals surface area contributed by atoms with Gasteiger partial charge in [0.1, 0.15) is 45.5 Å². The second-order valence-corrected chi connectivity index (χ2v) is 9.22. The van der Waals surface area contributed by atoms with E-state index < -0.39 is 18.3 Å². The van der Waals surface area contributed by atoms with Gasteiger partial charge in [-0.2, -0.15) is 0 Å². The van der Waals surface area contributed by atoms with Crippen molar-refractivity contribution in [2.24, 2.45) is 17.8 Å². The van der Waals surface area contributed by atoms with Gasteiger partial charge in [0.05, 0.1) is 72.7 Å². The smallest absolute Gasteiger partial charge is 0.114 e. The van der Waals surface area contributed by atoms with Crippen molar-refractivity contribution in [2.45, 2.75) is 216 Å². The number of hydrogen-bond donors (Lipinski definition) is 8. The number of hydrogen-bond acceptors (Lipinski definition) is 18. The van der Waals surface area contributed by atoms with Crippen LogP contribution >= 0.6 is 0 Å². The van der Waals surface area contributed by atoms with Gasteiger partial charge >= 0.3 is 0 Å². The van der Waals surface area contributed by atoms with Crippen molar-refractivity contribution in [1.82, 2.24) is 0 Å². The zero-order valence-electron chi connectivity index (χ0n) is 28.1. The van der Waals surface area contributed by atoms with E-state index >= 15 is 0 Å². The van der Waals surface area contributed by atoms with Crippen molar-refractivity contribution in [3.05, 3.63) is 0 Å². The quantitative estimate of drug-likeness (QED) is 0.0299. The summed E-state index contributed by atoms with van der Waals surface area (Å²) < 4.78 is 34.1. The van der Waals surface area contributed by atoms with Crippen LogP contribution in [-0.4, -0.2) is 199 Å². The number of aliphatic hydroxyl groups is 8. The molecule has 6 atom stereocenters. The van der Waals surface area contributed by atoms with Gasteiger partial charge < -0.3 is 88.5 Å². The first-order valence-electron chi connectivity index (χ1n) is 15.2. The molecular weight excluding hydrogens is 937 g/mol. The van der Waals surface area contributed by atoms with Crippen molar-refractivity contribution in [1.29, 1.82) is 0 Å². The number of carbonyl (C=O) groups excluding carboxylic acids is 4. The molecule has 0 fully saturated rings. The maximum atomic E-state index is 9.73. The average Bonchev–Trinajstić information content (AvgIpc) is 3.15. The SMILES string of the molecule is C.C.C.C.C.C.C.C.C.C.C.C.C.C.C.C.C.C.C.C.C.C.C.C.C=O.C=O.C=O.C=O.OCCOCC(OCCO)C(OCCO)C(COCCCCOCC(CO)C(CO)C(CO)CCO)OCCO. The molecule has 8 N–H and O–H groups in total. The monoisotopic (exact) mass is 1100 g/mol. The highest BCUT2D eigenvalue weighted by molar-refractivity contribution is 5.11. The Balaban J connectivity index is -0.0000000203. The Morgan fingerprint density at radius 1 is 0.292 bits per heavy atom. The predicted molar refractivity (Wildman–Crippen MR) is 333 cm³/mol. The first-order chi connectivity index (χ1) is 23.6. The third-order valence-corrected chi connectivity index (χ3v) is 6.33. The summed E-state index contributed by atoms with van der Waals surface area (Å²) in [5.41, 5.74) is 0. The third kappa shape index (κ3) is 117. The minimum atomic E-state index is -0.754. The molecule has 0 aliphatic heterocycles. The Morgan fingerprint density at radius 3 is 0.806 bits per heavy atom. The van der Waals surface area contributed by atoms with Gasteiger partial charge in [-0.25, -0.2) is 0 Å². The molecule has 0 aromatic rings. The van der Waals surface area contributed by atoms with E-state index in [0.29, 0.717) is 32.5 Å². The van der Waals surface area contributed by atoms with Crippen LogP contribution in [0.1, 0.15) is 198 Å². The minimum Gasteiger partial charge on any atom is -0.396 e. The molecule has 0 heterocycles. The van der Waals surface area contributed by atoms with E-state index in [0.717, 1.165) is 0 Å². The number of ether oxygens (including phenoxy) is 6. The Kier molecular flexibility index (Phi) is 497. The lowest BCUT2D eigenvalue weighted by Crippen LogP contribution is -2.48. The van der Waals surface area contributed by atoms with E-state index in [1.807, 2.05) is 27.2 Å². The topological polar surface area (TPSA) is 286 Å². The summed E-state index contributed by atoms with van der Waals surface area (Å²) in [6.07, 6.45) is -0.502.